The average Bonchev–Trinajstić information content (AvgIpc) is 2.40. The van der Waals surface area contributed by atoms with Gasteiger partial charge in [-0.25, -0.2) is 13.2 Å². The van der Waals surface area contributed by atoms with Crippen molar-refractivity contribution in [2.75, 3.05) is 26.2 Å². The van der Waals surface area contributed by atoms with Crippen LogP contribution in [0.2, 0.25) is 5.02 Å². The van der Waals surface area contributed by atoms with Gasteiger partial charge in [-0.3, -0.25) is 4.90 Å². The number of benzene rings is 1. The van der Waals surface area contributed by atoms with Gasteiger partial charge < -0.3 is 5.32 Å². The van der Waals surface area contributed by atoms with Gasteiger partial charge in [0.05, 0.1) is 0 Å². The fourth-order valence-corrected chi connectivity index (χ4v) is 2.59. The number of hydrogen-bond donors (Lipinski definition) is 1. The first-order valence-corrected chi connectivity index (χ1v) is 6.63. The van der Waals surface area contributed by atoms with Crippen molar-refractivity contribution < 1.29 is 13.2 Å². The molecule has 0 unspecified atom stereocenters. The van der Waals surface area contributed by atoms with Crippen LogP contribution in [0.1, 0.15) is 18.0 Å². The summed E-state index contributed by atoms with van der Waals surface area (Å²) >= 11 is 5.85. The van der Waals surface area contributed by atoms with Crippen LogP contribution in [0, 0.1) is 5.82 Å². The highest BCUT2D eigenvalue weighted by Crippen LogP contribution is 2.31. The number of nitrogens with one attached hydrogen (secondary N) is 1. The van der Waals surface area contributed by atoms with E-state index in [2.05, 4.69) is 5.32 Å². The summed E-state index contributed by atoms with van der Waals surface area (Å²) in [5, 5.41) is 3.52. The molecule has 0 amide bonds. The van der Waals surface area contributed by atoms with Gasteiger partial charge in [-0.2, -0.15) is 0 Å². The Morgan fingerprint density at radius 3 is 2.58 bits per heavy atom. The third-order valence-corrected chi connectivity index (χ3v) is 3.55. The summed E-state index contributed by atoms with van der Waals surface area (Å²) in [5.41, 5.74) is 0.259. The second-order valence-corrected chi connectivity index (χ2v) is 5.03. The standard InChI is InChI=1S/C13H16ClF3N2/c14-9-1-2-11(15)10(7-9)12(8-13(16)17)19-5-3-18-4-6-19/h1-2,7,12-13,18H,3-6,8H2/t12-/m1/s1. The van der Waals surface area contributed by atoms with Crippen LogP contribution in [0.5, 0.6) is 0 Å². The largest absolute Gasteiger partial charge is 0.314 e. The van der Waals surface area contributed by atoms with Crippen LogP contribution >= 0.6 is 11.6 Å². The van der Waals surface area contributed by atoms with Gasteiger partial charge >= 0.3 is 0 Å². The summed E-state index contributed by atoms with van der Waals surface area (Å²) < 4.78 is 39.4. The predicted octanol–water partition coefficient (Wildman–Crippen LogP) is 3.08. The molecule has 0 radical (unpaired) electrons. The molecule has 1 aromatic rings. The van der Waals surface area contributed by atoms with E-state index in [0.717, 1.165) is 13.1 Å². The van der Waals surface area contributed by atoms with Crippen molar-refractivity contribution in [3.63, 3.8) is 0 Å². The summed E-state index contributed by atoms with van der Waals surface area (Å²) in [7, 11) is 0. The number of piperazine rings is 1. The minimum absolute atomic E-state index is 0.259. The summed E-state index contributed by atoms with van der Waals surface area (Å²) in [6.07, 6.45) is -2.85. The number of nitrogens with zero attached hydrogens (tertiary/aromatic N) is 1. The van der Waals surface area contributed by atoms with Crippen LogP contribution in [0.3, 0.4) is 0 Å². The second-order valence-electron chi connectivity index (χ2n) is 4.59. The molecule has 1 aliphatic rings. The van der Waals surface area contributed by atoms with Gasteiger partial charge in [0.15, 0.2) is 0 Å². The van der Waals surface area contributed by atoms with Crippen LogP contribution in [0.4, 0.5) is 13.2 Å². The van der Waals surface area contributed by atoms with E-state index < -0.39 is 18.3 Å². The maximum absolute atomic E-state index is 13.9. The maximum atomic E-state index is 13.9. The minimum atomic E-state index is -2.47. The number of hydrogen-bond acceptors (Lipinski definition) is 2. The Bertz CT molecular complexity index is 422. The molecule has 6 heteroatoms. The lowest BCUT2D eigenvalue weighted by molar-refractivity contribution is 0.0725. The first-order chi connectivity index (χ1) is 9.08. The van der Waals surface area contributed by atoms with E-state index in [9.17, 15) is 13.2 Å². The topological polar surface area (TPSA) is 15.3 Å². The van der Waals surface area contributed by atoms with Crippen LogP contribution in [-0.4, -0.2) is 37.5 Å². The molecule has 0 spiro atoms. The molecule has 0 aromatic heterocycles. The van der Waals surface area contributed by atoms with Gasteiger partial charge in [0, 0.05) is 49.2 Å². The molecule has 1 heterocycles. The van der Waals surface area contributed by atoms with E-state index in [4.69, 9.17) is 11.6 Å². The van der Waals surface area contributed by atoms with Crippen molar-refractivity contribution >= 4 is 11.6 Å². The molecule has 1 atom stereocenters. The van der Waals surface area contributed by atoms with Gasteiger partial charge in [-0.15, -0.1) is 0 Å². The Morgan fingerprint density at radius 2 is 1.95 bits per heavy atom. The Kier molecular flexibility index (Phi) is 5.07. The van der Waals surface area contributed by atoms with E-state index >= 15 is 0 Å². The molecule has 1 aromatic carbocycles. The monoisotopic (exact) mass is 292 g/mol. The molecule has 1 saturated heterocycles. The molecule has 19 heavy (non-hydrogen) atoms. The highest BCUT2D eigenvalue weighted by molar-refractivity contribution is 6.30. The van der Waals surface area contributed by atoms with E-state index in [1.165, 1.54) is 18.2 Å². The molecule has 2 nitrogen and oxygen atoms in total. The van der Waals surface area contributed by atoms with Gasteiger partial charge in [0.2, 0.25) is 6.43 Å². The molecular formula is C13H16ClF3N2. The van der Waals surface area contributed by atoms with Gasteiger partial charge in [0.1, 0.15) is 5.82 Å². The lowest BCUT2D eigenvalue weighted by Gasteiger charge is -2.35. The van der Waals surface area contributed by atoms with Crippen molar-refractivity contribution in [2.24, 2.45) is 0 Å². The lowest BCUT2D eigenvalue weighted by atomic mass is 10.0. The summed E-state index contributed by atoms with van der Waals surface area (Å²) in [6.45, 7) is 2.70. The molecule has 1 aliphatic heterocycles. The van der Waals surface area contributed by atoms with Crippen molar-refractivity contribution in [1.82, 2.24) is 10.2 Å². The lowest BCUT2D eigenvalue weighted by Crippen LogP contribution is -2.45. The van der Waals surface area contributed by atoms with E-state index in [1.807, 2.05) is 4.90 Å². The number of rotatable bonds is 4. The van der Waals surface area contributed by atoms with E-state index in [0.29, 0.717) is 18.1 Å². The molecule has 0 bridgehead atoms. The minimum Gasteiger partial charge on any atom is -0.314 e. The smallest absolute Gasteiger partial charge is 0.240 e. The zero-order valence-corrected chi connectivity index (χ0v) is 11.1. The molecule has 1 N–H and O–H groups in total. The summed E-state index contributed by atoms with van der Waals surface area (Å²) in [5.74, 6) is -0.478. The Labute approximate surface area is 115 Å². The highest BCUT2D eigenvalue weighted by atomic mass is 35.5. The summed E-state index contributed by atoms with van der Waals surface area (Å²) in [4.78, 5) is 1.89. The number of alkyl halides is 2. The quantitative estimate of drug-likeness (QED) is 0.917. The fraction of sp³-hybridized carbons (Fsp3) is 0.538. The normalized spacial score (nSPS) is 18.8. The fourth-order valence-electron chi connectivity index (χ4n) is 2.41. The van der Waals surface area contributed by atoms with E-state index in [-0.39, 0.29) is 12.0 Å². The molecule has 106 valence electrons. The van der Waals surface area contributed by atoms with Gasteiger partial charge in [0.25, 0.3) is 0 Å². The first-order valence-electron chi connectivity index (χ1n) is 6.26. The zero-order chi connectivity index (χ0) is 13.8. The Hall–Kier alpha value is -0.780. The van der Waals surface area contributed by atoms with Gasteiger partial charge in [-0.05, 0) is 18.2 Å². The summed E-state index contributed by atoms with van der Waals surface area (Å²) in [6, 6.07) is 3.49. The van der Waals surface area contributed by atoms with Crippen LogP contribution < -0.4 is 5.32 Å². The SMILES string of the molecule is Fc1ccc(Cl)cc1[C@@H](CC(F)F)N1CCNCC1. The second kappa shape index (κ2) is 6.59. The molecule has 1 fully saturated rings. The predicted molar refractivity (Wildman–Crippen MR) is 69.2 cm³/mol. The van der Waals surface area contributed by atoms with Crippen molar-refractivity contribution in [1.29, 1.82) is 0 Å². The first kappa shape index (κ1) is 14.6. The Morgan fingerprint density at radius 1 is 1.26 bits per heavy atom. The average molecular weight is 293 g/mol. The van der Waals surface area contributed by atoms with Crippen LogP contribution in [0.25, 0.3) is 0 Å². The third-order valence-electron chi connectivity index (χ3n) is 3.31. The zero-order valence-electron chi connectivity index (χ0n) is 10.4. The Balaban J connectivity index is 2.27. The third kappa shape index (κ3) is 3.84. The van der Waals surface area contributed by atoms with Crippen molar-refractivity contribution in [2.45, 2.75) is 18.9 Å². The van der Waals surface area contributed by atoms with E-state index in [1.54, 1.807) is 0 Å². The molecule has 0 aliphatic carbocycles. The van der Waals surface area contributed by atoms with Crippen molar-refractivity contribution in [3.05, 3.63) is 34.6 Å². The maximum Gasteiger partial charge on any atom is 0.240 e. The molecular weight excluding hydrogens is 277 g/mol. The molecule has 2 rings (SSSR count). The van der Waals surface area contributed by atoms with Crippen LogP contribution in [-0.2, 0) is 0 Å². The van der Waals surface area contributed by atoms with Gasteiger partial charge in [-0.1, -0.05) is 11.6 Å². The molecule has 0 saturated carbocycles. The highest BCUT2D eigenvalue weighted by Gasteiger charge is 2.27. The number of halogens is 4. The van der Waals surface area contributed by atoms with Crippen LogP contribution in [0.15, 0.2) is 18.2 Å². The van der Waals surface area contributed by atoms with Crippen molar-refractivity contribution in [3.8, 4) is 0 Å².